The number of benzene rings is 1. The third kappa shape index (κ3) is 5.00. The molecular formula is C13H18BrNO2S. The molecule has 0 aromatic heterocycles. The first-order valence-corrected chi connectivity index (χ1v) is 7.97. The lowest BCUT2D eigenvalue weighted by Gasteiger charge is -2.14. The van der Waals surface area contributed by atoms with Crippen molar-refractivity contribution in [2.75, 3.05) is 12.0 Å². The molecule has 0 spiro atoms. The van der Waals surface area contributed by atoms with E-state index in [1.54, 1.807) is 12.1 Å². The molecule has 0 bridgehead atoms. The van der Waals surface area contributed by atoms with Crippen LogP contribution in [0.25, 0.3) is 0 Å². The Morgan fingerprint density at radius 1 is 1.56 bits per heavy atom. The van der Waals surface area contributed by atoms with Crippen molar-refractivity contribution in [2.24, 2.45) is 0 Å². The van der Waals surface area contributed by atoms with Gasteiger partial charge >= 0.3 is 5.97 Å². The Hall–Kier alpha value is -0.520. The molecule has 1 unspecified atom stereocenters. The van der Waals surface area contributed by atoms with Gasteiger partial charge in [0.25, 0.3) is 0 Å². The number of rotatable bonds is 7. The predicted octanol–water partition coefficient (Wildman–Crippen LogP) is 3.38. The van der Waals surface area contributed by atoms with Gasteiger partial charge in [-0.25, -0.2) is 4.79 Å². The molecule has 18 heavy (non-hydrogen) atoms. The van der Waals surface area contributed by atoms with E-state index in [2.05, 4.69) is 34.4 Å². The molecule has 0 radical (unpaired) electrons. The third-order valence-electron chi connectivity index (χ3n) is 2.70. The second kappa shape index (κ2) is 7.81. The summed E-state index contributed by atoms with van der Waals surface area (Å²) >= 11 is 5.26. The second-order valence-corrected chi connectivity index (χ2v) is 6.01. The Balaban J connectivity index is 2.55. The molecular weight excluding hydrogens is 314 g/mol. The first-order valence-electron chi connectivity index (χ1n) is 5.78. The molecule has 0 saturated carbocycles. The molecule has 0 amide bonds. The smallest absolute Gasteiger partial charge is 0.335 e. The van der Waals surface area contributed by atoms with Crippen LogP contribution >= 0.6 is 27.7 Å². The molecule has 3 nitrogen and oxygen atoms in total. The molecule has 0 aliphatic heterocycles. The van der Waals surface area contributed by atoms with Crippen molar-refractivity contribution < 1.29 is 9.90 Å². The van der Waals surface area contributed by atoms with Crippen LogP contribution in [0.4, 0.5) is 0 Å². The van der Waals surface area contributed by atoms with Gasteiger partial charge in [-0.2, -0.15) is 11.8 Å². The van der Waals surface area contributed by atoms with Crippen LogP contribution < -0.4 is 5.32 Å². The van der Waals surface area contributed by atoms with E-state index in [-0.39, 0.29) is 0 Å². The highest BCUT2D eigenvalue weighted by Crippen LogP contribution is 2.19. The summed E-state index contributed by atoms with van der Waals surface area (Å²) in [5.41, 5.74) is 1.39. The number of halogens is 1. The van der Waals surface area contributed by atoms with Crippen molar-refractivity contribution in [2.45, 2.75) is 25.9 Å². The highest BCUT2D eigenvalue weighted by molar-refractivity contribution is 9.10. The fourth-order valence-corrected chi connectivity index (χ4v) is 2.61. The summed E-state index contributed by atoms with van der Waals surface area (Å²) in [6.45, 7) is 2.91. The van der Waals surface area contributed by atoms with Crippen LogP contribution in [0.2, 0.25) is 0 Å². The fourth-order valence-electron chi connectivity index (χ4n) is 1.50. The maximum atomic E-state index is 10.8. The summed E-state index contributed by atoms with van der Waals surface area (Å²) < 4.78 is 0.840. The lowest BCUT2D eigenvalue weighted by Crippen LogP contribution is -2.26. The van der Waals surface area contributed by atoms with Crippen molar-refractivity contribution in [3.63, 3.8) is 0 Å². The van der Waals surface area contributed by atoms with Gasteiger partial charge in [0.15, 0.2) is 0 Å². The van der Waals surface area contributed by atoms with Gasteiger partial charge in [0.05, 0.1) is 5.56 Å². The van der Waals surface area contributed by atoms with E-state index >= 15 is 0 Å². The van der Waals surface area contributed by atoms with Crippen LogP contribution in [0, 0.1) is 0 Å². The number of hydrogen-bond acceptors (Lipinski definition) is 3. The molecule has 0 fully saturated rings. The number of carboxylic acids is 1. The lowest BCUT2D eigenvalue weighted by atomic mass is 10.1. The zero-order valence-electron chi connectivity index (χ0n) is 10.6. The second-order valence-electron chi connectivity index (χ2n) is 4.17. The summed E-state index contributed by atoms with van der Waals surface area (Å²) in [6, 6.07) is 5.59. The van der Waals surface area contributed by atoms with E-state index in [9.17, 15) is 4.79 Å². The first kappa shape index (κ1) is 15.5. The molecule has 1 aromatic carbocycles. The molecule has 0 aliphatic carbocycles. The number of carbonyl (C=O) groups is 1. The van der Waals surface area contributed by atoms with E-state index < -0.39 is 5.97 Å². The standard InChI is InChI=1S/C13H18BrNO2S/c1-9(5-6-18-2)15-8-11-4-3-10(13(16)17)7-12(11)14/h3-4,7,9,15H,5-6,8H2,1-2H3,(H,16,17). The summed E-state index contributed by atoms with van der Waals surface area (Å²) in [5, 5.41) is 12.3. The van der Waals surface area contributed by atoms with Gasteiger partial charge in [-0.05, 0) is 43.0 Å². The Morgan fingerprint density at radius 2 is 2.28 bits per heavy atom. The number of thioether (sulfide) groups is 1. The van der Waals surface area contributed by atoms with Crippen LogP contribution in [0.5, 0.6) is 0 Å². The maximum absolute atomic E-state index is 10.8. The van der Waals surface area contributed by atoms with Gasteiger partial charge in [-0.3, -0.25) is 0 Å². The van der Waals surface area contributed by atoms with Crippen molar-refractivity contribution in [1.29, 1.82) is 0 Å². The molecule has 100 valence electrons. The van der Waals surface area contributed by atoms with Crippen molar-refractivity contribution in [3.8, 4) is 0 Å². The van der Waals surface area contributed by atoms with Crippen molar-refractivity contribution in [1.82, 2.24) is 5.32 Å². The normalized spacial score (nSPS) is 12.4. The lowest BCUT2D eigenvalue weighted by molar-refractivity contribution is 0.0697. The zero-order valence-corrected chi connectivity index (χ0v) is 13.0. The fraction of sp³-hybridized carbons (Fsp3) is 0.462. The van der Waals surface area contributed by atoms with Crippen LogP contribution in [-0.2, 0) is 6.54 Å². The molecule has 1 atom stereocenters. The Labute approximate surface area is 120 Å². The number of aromatic carboxylic acids is 1. The van der Waals surface area contributed by atoms with Crippen LogP contribution in [-0.4, -0.2) is 29.1 Å². The molecule has 1 aromatic rings. The number of carboxylic acid groups (broad SMARTS) is 1. The van der Waals surface area contributed by atoms with E-state index in [0.717, 1.165) is 28.8 Å². The summed E-state index contributed by atoms with van der Waals surface area (Å²) in [7, 11) is 0. The topological polar surface area (TPSA) is 49.3 Å². The van der Waals surface area contributed by atoms with Crippen LogP contribution in [0.1, 0.15) is 29.3 Å². The van der Waals surface area contributed by atoms with Gasteiger partial charge in [0, 0.05) is 17.1 Å². The minimum Gasteiger partial charge on any atom is -0.478 e. The van der Waals surface area contributed by atoms with E-state index in [1.165, 1.54) is 0 Å². The van der Waals surface area contributed by atoms with E-state index in [4.69, 9.17) is 5.11 Å². The van der Waals surface area contributed by atoms with Gasteiger partial charge in [-0.1, -0.05) is 22.0 Å². The summed E-state index contributed by atoms with van der Waals surface area (Å²) in [4.78, 5) is 10.8. The Kier molecular flexibility index (Phi) is 6.75. The van der Waals surface area contributed by atoms with Gasteiger partial charge in [0.1, 0.15) is 0 Å². The van der Waals surface area contributed by atoms with Crippen LogP contribution in [0.3, 0.4) is 0 Å². The predicted molar refractivity (Wildman–Crippen MR) is 80.4 cm³/mol. The Bertz CT molecular complexity index is 412. The SMILES string of the molecule is CSCCC(C)NCc1ccc(C(=O)O)cc1Br. The first-order chi connectivity index (χ1) is 8.54. The number of nitrogens with one attached hydrogen (secondary N) is 1. The van der Waals surface area contributed by atoms with Gasteiger partial charge in [0.2, 0.25) is 0 Å². The summed E-state index contributed by atoms with van der Waals surface area (Å²) in [5.74, 6) is 0.247. The maximum Gasteiger partial charge on any atom is 0.335 e. The summed E-state index contributed by atoms with van der Waals surface area (Å²) in [6.07, 6.45) is 3.24. The minimum absolute atomic E-state index is 0.307. The van der Waals surface area contributed by atoms with Gasteiger partial charge in [-0.15, -0.1) is 0 Å². The molecule has 0 heterocycles. The molecule has 2 N–H and O–H groups in total. The highest BCUT2D eigenvalue weighted by atomic mass is 79.9. The van der Waals surface area contributed by atoms with E-state index in [1.807, 2.05) is 17.8 Å². The monoisotopic (exact) mass is 331 g/mol. The zero-order chi connectivity index (χ0) is 13.5. The Morgan fingerprint density at radius 3 is 2.83 bits per heavy atom. The molecule has 5 heteroatoms. The largest absolute Gasteiger partial charge is 0.478 e. The highest BCUT2D eigenvalue weighted by Gasteiger charge is 2.07. The van der Waals surface area contributed by atoms with Crippen LogP contribution in [0.15, 0.2) is 22.7 Å². The number of hydrogen-bond donors (Lipinski definition) is 2. The molecule has 0 saturated heterocycles. The average molecular weight is 332 g/mol. The molecule has 1 rings (SSSR count). The van der Waals surface area contributed by atoms with Crippen molar-refractivity contribution in [3.05, 3.63) is 33.8 Å². The minimum atomic E-state index is -0.899. The third-order valence-corrected chi connectivity index (χ3v) is 4.08. The van der Waals surface area contributed by atoms with Gasteiger partial charge < -0.3 is 10.4 Å². The average Bonchev–Trinajstić information content (AvgIpc) is 2.34. The van der Waals surface area contributed by atoms with E-state index in [0.29, 0.717) is 11.6 Å². The molecule has 0 aliphatic rings. The quantitative estimate of drug-likeness (QED) is 0.804. The van der Waals surface area contributed by atoms with Crippen molar-refractivity contribution >= 4 is 33.7 Å².